The van der Waals surface area contributed by atoms with E-state index in [0.717, 1.165) is 6.42 Å². The van der Waals surface area contributed by atoms with Gasteiger partial charge < -0.3 is 10.7 Å². The van der Waals surface area contributed by atoms with Crippen LogP contribution < -0.4 is 5.73 Å². The quantitative estimate of drug-likeness (QED) is 0.832. The number of rotatable bonds is 2. The van der Waals surface area contributed by atoms with E-state index in [1.165, 1.54) is 46.9 Å². The molecule has 0 bridgehead atoms. The van der Waals surface area contributed by atoms with Gasteiger partial charge in [-0.3, -0.25) is 0 Å². The van der Waals surface area contributed by atoms with Crippen LogP contribution in [-0.4, -0.2) is 11.0 Å². The van der Waals surface area contributed by atoms with E-state index in [2.05, 4.69) is 37.2 Å². The number of nitrogens with two attached hydrogens (primary N) is 1. The third-order valence-corrected chi connectivity index (χ3v) is 4.42. The summed E-state index contributed by atoms with van der Waals surface area (Å²) < 4.78 is 0. The number of aromatic nitrogens is 1. The summed E-state index contributed by atoms with van der Waals surface area (Å²) in [7, 11) is 0. The van der Waals surface area contributed by atoms with E-state index < -0.39 is 0 Å². The van der Waals surface area contributed by atoms with Crippen molar-refractivity contribution in [3.8, 4) is 0 Å². The summed E-state index contributed by atoms with van der Waals surface area (Å²) in [5.74, 6) is 0.671. The van der Waals surface area contributed by atoms with Crippen LogP contribution in [0, 0.1) is 19.8 Å². The maximum absolute atomic E-state index is 6.19. The number of nitrogens with one attached hydrogen (secondary N) is 1. The molecule has 2 unspecified atom stereocenters. The second-order valence-corrected chi connectivity index (χ2v) is 5.88. The standard InChI is InChI=1S/C16H22N2/c1-10-6-11(2)16-14(7-10)13(9-18-16)8-12-4-3-5-15(12)17/h6-7,9,12,15,18H,3-5,8,17H2,1-2H3. The van der Waals surface area contributed by atoms with Crippen LogP contribution in [0.5, 0.6) is 0 Å². The minimum absolute atomic E-state index is 0.404. The monoisotopic (exact) mass is 242 g/mol. The molecule has 2 aromatic rings. The molecule has 1 heterocycles. The van der Waals surface area contributed by atoms with Gasteiger partial charge in [-0.05, 0) is 56.2 Å². The van der Waals surface area contributed by atoms with E-state index in [1.54, 1.807) is 0 Å². The van der Waals surface area contributed by atoms with Gasteiger partial charge in [0.15, 0.2) is 0 Å². The maximum Gasteiger partial charge on any atom is 0.0486 e. The number of hydrogen-bond donors (Lipinski definition) is 2. The Balaban J connectivity index is 1.97. The van der Waals surface area contributed by atoms with Crippen LogP contribution in [0.25, 0.3) is 10.9 Å². The molecule has 1 aromatic carbocycles. The second-order valence-electron chi connectivity index (χ2n) is 5.88. The summed E-state index contributed by atoms with van der Waals surface area (Å²) in [6, 6.07) is 4.94. The number of fused-ring (bicyclic) bond motifs is 1. The lowest BCUT2D eigenvalue weighted by molar-refractivity contribution is 0.480. The highest BCUT2D eigenvalue weighted by molar-refractivity contribution is 5.86. The zero-order valence-corrected chi connectivity index (χ0v) is 11.3. The van der Waals surface area contributed by atoms with Crippen LogP contribution in [-0.2, 0) is 6.42 Å². The van der Waals surface area contributed by atoms with Crippen molar-refractivity contribution in [1.82, 2.24) is 4.98 Å². The Morgan fingerprint density at radius 3 is 2.83 bits per heavy atom. The minimum atomic E-state index is 0.404. The van der Waals surface area contributed by atoms with Gasteiger partial charge in [-0.1, -0.05) is 18.1 Å². The van der Waals surface area contributed by atoms with E-state index in [-0.39, 0.29) is 0 Å². The molecule has 2 atom stereocenters. The highest BCUT2D eigenvalue weighted by atomic mass is 14.7. The Morgan fingerprint density at radius 2 is 2.11 bits per heavy atom. The zero-order valence-electron chi connectivity index (χ0n) is 11.3. The molecule has 1 fully saturated rings. The first-order valence-electron chi connectivity index (χ1n) is 6.98. The summed E-state index contributed by atoms with van der Waals surface area (Å²) >= 11 is 0. The van der Waals surface area contributed by atoms with Crippen molar-refractivity contribution in [3.05, 3.63) is 35.0 Å². The van der Waals surface area contributed by atoms with Crippen molar-refractivity contribution in [2.75, 3.05) is 0 Å². The molecule has 0 saturated heterocycles. The summed E-state index contributed by atoms with van der Waals surface area (Å²) in [6.45, 7) is 4.35. The average molecular weight is 242 g/mol. The summed E-state index contributed by atoms with van der Waals surface area (Å²) in [6.07, 6.45) is 7.10. The predicted octanol–water partition coefficient (Wildman–Crippen LogP) is 3.45. The Kier molecular flexibility index (Phi) is 2.90. The van der Waals surface area contributed by atoms with Crippen LogP contribution in [0.3, 0.4) is 0 Å². The number of hydrogen-bond acceptors (Lipinski definition) is 1. The molecule has 1 aromatic heterocycles. The number of aryl methyl sites for hydroxylation is 2. The van der Waals surface area contributed by atoms with Crippen LogP contribution in [0.2, 0.25) is 0 Å². The summed E-state index contributed by atoms with van der Waals surface area (Å²) in [4.78, 5) is 3.43. The normalized spacial score (nSPS) is 23.9. The van der Waals surface area contributed by atoms with Crippen molar-refractivity contribution in [1.29, 1.82) is 0 Å². The topological polar surface area (TPSA) is 41.8 Å². The lowest BCUT2D eigenvalue weighted by Crippen LogP contribution is -2.25. The number of H-pyrrole nitrogens is 1. The lowest BCUT2D eigenvalue weighted by Gasteiger charge is -2.14. The van der Waals surface area contributed by atoms with E-state index >= 15 is 0 Å². The van der Waals surface area contributed by atoms with Gasteiger partial charge in [0.05, 0.1) is 0 Å². The largest absolute Gasteiger partial charge is 0.361 e. The van der Waals surface area contributed by atoms with Gasteiger partial charge in [0, 0.05) is 23.1 Å². The first-order chi connectivity index (χ1) is 8.65. The van der Waals surface area contributed by atoms with Crippen molar-refractivity contribution < 1.29 is 0 Å². The predicted molar refractivity (Wildman–Crippen MR) is 76.8 cm³/mol. The van der Waals surface area contributed by atoms with Gasteiger partial charge in [0.25, 0.3) is 0 Å². The van der Waals surface area contributed by atoms with Gasteiger partial charge in [-0.15, -0.1) is 0 Å². The summed E-state index contributed by atoms with van der Waals surface area (Å²) in [5.41, 5.74) is 11.6. The molecule has 3 rings (SSSR count). The molecule has 1 saturated carbocycles. The molecular formula is C16H22N2. The van der Waals surface area contributed by atoms with Crippen LogP contribution in [0.1, 0.15) is 36.0 Å². The molecule has 2 heteroatoms. The van der Waals surface area contributed by atoms with Gasteiger partial charge >= 0.3 is 0 Å². The Morgan fingerprint density at radius 1 is 1.28 bits per heavy atom. The van der Waals surface area contributed by atoms with E-state index in [1.807, 2.05) is 0 Å². The zero-order chi connectivity index (χ0) is 12.7. The van der Waals surface area contributed by atoms with Crippen molar-refractivity contribution >= 4 is 10.9 Å². The third-order valence-electron chi connectivity index (χ3n) is 4.42. The van der Waals surface area contributed by atoms with E-state index in [0.29, 0.717) is 12.0 Å². The van der Waals surface area contributed by atoms with Crippen molar-refractivity contribution in [2.24, 2.45) is 11.7 Å². The molecule has 0 aliphatic heterocycles. The first-order valence-corrected chi connectivity index (χ1v) is 6.98. The molecule has 18 heavy (non-hydrogen) atoms. The Hall–Kier alpha value is -1.28. The van der Waals surface area contributed by atoms with E-state index in [9.17, 15) is 0 Å². The molecule has 0 radical (unpaired) electrons. The molecule has 0 spiro atoms. The molecule has 96 valence electrons. The highest BCUT2D eigenvalue weighted by Gasteiger charge is 2.24. The van der Waals surface area contributed by atoms with Crippen molar-refractivity contribution in [3.63, 3.8) is 0 Å². The van der Waals surface area contributed by atoms with Crippen LogP contribution in [0.15, 0.2) is 18.3 Å². The summed E-state index contributed by atoms with van der Waals surface area (Å²) in [5, 5.41) is 1.40. The Labute approximate surface area is 109 Å². The molecule has 3 N–H and O–H groups in total. The fourth-order valence-corrected chi connectivity index (χ4v) is 3.42. The molecular weight excluding hydrogens is 220 g/mol. The maximum atomic E-state index is 6.19. The van der Waals surface area contributed by atoms with Gasteiger partial charge in [-0.25, -0.2) is 0 Å². The van der Waals surface area contributed by atoms with Gasteiger partial charge in [0.2, 0.25) is 0 Å². The highest BCUT2D eigenvalue weighted by Crippen LogP contribution is 2.31. The van der Waals surface area contributed by atoms with Crippen LogP contribution in [0.4, 0.5) is 0 Å². The molecule has 2 nitrogen and oxygen atoms in total. The van der Waals surface area contributed by atoms with Crippen molar-refractivity contribution in [2.45, 2.75) is 45.6 Å². The lowest BCUT2D eigenvalue weighted by atomic mass is 9.94. The fourth-order valence-electron chi connectivity index (χ4n) is 3.42. The van der Waals surface area contributed by atoms with Gasteiger partial charge in [-0.2, -0.15) is 0 Å². The fraction of sp³-hybridized carbons (Fsp3) is 0.500. The Bertz CT molecular complexity index is 568. The van der Waals surface area contributed by atoms with E-state index in [4.69, 9.17) is 5.73 Å². The smallest absolute Gasteiger partial charge is 0.0486 e. The first kappa shape index (κ1) is 11.8. The second kappa shape index (κ2) is 4.43. The average Bonchev–Trinajstić information content (AvgIpc) is 2.88. The van der Waals surface area contributed by atoms with Gasteiger partial charge in [0.1, 0.15) is 0 Å². The molecule has 0 amide bonds. The molecule has 1 aliphatic rings. The third kappa shape index (κ3) is 1.95. The molecule has 1 aliphatic carbocycles. The van der Waals surface area contributed by atoms with Crippen LogP contribution >= 0.6 is 0 Å². The minimum Gasteiger partial charge on any atom is -0.361 e. The number of aromatic amines is 1. The number of benzene rings is 1. The SMILES string of the molecule is Cc1cc(C)c2[nH]cc(CC3CCCC3N)c2c1.